The number of nitrogens with zero attached hydrogens (tertiary/aromatic N) is 2. The van der Waals surface area contributed by atoms with Gasteiger partial charge in [0.25, 0.3) is 9.05 Å². The zero-order valence-corrected chi connectivity index (χ0v) is 11.6. The molecule has 0 saturated heterocycles. The SMILES string of the molecule is O=S(=O)(Cl)c1cnn(C2CCCC2)c1I. The Hall–Kier alpha value is 0.180. The molecule has 1 heterocycles. The van der Waals surface area contributed by atoms with Gasteiger partial charge in [0.1, 0.15) is 8.60 Å². The molecule has 0 amide bonds. The first kappa shape index (κ1) is 11.7. The minimum Gasteiger partial charge on any atom is -0.255 e. The van der Waals surface area contributed by atoms with Crippen molar-refractivity contribution in [1.82, 2.24) is 9.78 Å². The summed E-state index contributed by atoms with van der Waals surface area (Å²) in [5, 5.41) is 4.11. The van der Waals surface area contributed by atoms with Gasteiger partial charge >= 0.3 is 0 Å². The van der Waals surface area contributed by atoms with Gasteiger partial charge in [-0.3, -0.25) is 4.68 Å². The Labute approximate surface area is 107 Å². The van der Waals surface area contributed by atoms with E-state index in [4.69, 9.17) is 10.7 Å². The maximum Gasteiger partial charge on any atom is 0.265 e. The number of rotatable bonds is 2. The molecule has 0 spiro atoms. The highest BCUT2D eigenvalue weighted by molar-refractivity contribution is 14.1. The summed E-state index contributed by atoms with van der Waals surface area (Å²) in [6.45, 7) is 0. The van der Waals surface area contributed by atoms with Crippen LogP contribution in [0.25, 0.3) is 0 Å². The van der Waals surface area contributed by atoms with Crippen LogP contribution < -0.4 is 0 Å². The van der Waals surface area contributed by atoms with Crippen molar-refractivity contribution in [2.75, 3.05) is 0 Å². The van der Waals surface area contributed by atoms with Crippen molar-refractivity contribution in [2.24, 2.45) is 0 Å². The fourth-order valence-corrected chi connectivity index (χ4v) is 4.62. The molecule has 1 aliphatic carbocycles. The maximum atomic E-state index is 11.2. The lowest BCUT2D eigenvalue weighted by Crippen LogP contribution is -2.09. The third-order valence-corrected chi connectivity index (χ3v) is 5.40. The number of hydrogen-bond donors (Lipinski definition) is 0. The topological polar surface area (TPSA) is 52.0 Å². The van der Waals surface area contributed by atoms with Crippen LogP contribution in [0.5, 0.6) is 0 Å². The van der Waals surface area contributed by atoms with Gasteiger partial charge in [0.2, 0.25) is 0 Å². The van der Waals surface area contributed by atoms with Crippen LogP contribution in [0.15, 0.2) is 11.1 Å². The van der Waals surface area contributed by atoms with Crippen LogP contribution in [0.4, 0.5) is 0 Å². The molecule has 0 atom stereocenters. The molecule has 0 aliphatic heterocycles. The highest BCUT2D eigenvalue weighted by atomic mass is 127. The van der Waals surface area contributed by atoms with E-state index in [0.717, 1.165) is 12.8 Å². The largest absolute Gasteiger partial charge is 0.265 e. The van der Waals surface area contributed by atoms with Crippen LogP contribution in [-0.4, -0.2) is 18.2 Å². The molecule has 1 aromatic rings. The summed E-state index contributed by atoms with van der Waals surface area (Å²) in [4.78, 5) is 0.122. The second-order valence-corrected chi connectivity index (χ2v) is 7.18. The Morgan fingerprint density at radius 3 is 2.53 bits per heavy atom. The molecule has 0 aromatic carbocycles. The Morgan fingerprint density at radius 1 is 1.47 bits per heavy atom. The van der Waals surface area contributed by atoms with Crippen LogP contribution in [0.3, 0.4) is 0 Å². The first-order valence-electron chi connectivity index (χ1n) is 4.68. The molecule has 0 N–H and O–H groups in total. The van der Waals surface area contributed by atoms with E-state index in [0.29, 0.717) is 9.74 Å². The van der Waals surface area contributed by atoms with Gasteiger partial charge in [0.15, 0.2) is 0 Å². The lowest BCUT2D eigenvalue weighted by Gasteiger charge is -2.10. The molecular weight excluding hydrogens is 351 g/mol. The van der Waals surface area contributed by atoms with Gasteiger partial charge in [0.05, 0.1) is 12.2 Å². The molecule has 0 unspecified atom stereocenters. The highest BCUT2D eigenvalue weighted by Gasteiger charge is 2.25. The van der Waals surface area contributed by atoms with E-state index >= 15 is 0 Å². The van der Waals surface area contributed by atoms with E-state index < -0.39 is 9.05 Å². The number of aromatic nitrogens is 2. The van der Waals surface area contributed by atoms with E-state index in [1.807, 2.05) is 22.6 Å². The van der Waals surface area contributed by atoms with Crippen LogP contribution in [-0.2, 0) is 9.05 Å². The van der Waals surface area contributed by atoms with E-state index in [1.54, 1.807) is 4.68 Å². The van der Waals surface area contributed by atoms with Crippen molar-refractivity contribution in [3.05, 3.63) is 9.90 Å². The van der Waals surface area contributed by atoms with Crippen molar-refractivity contribution in [2.45, 2.75) is 36.6 Å². The Balaban J connectivity index is 2.39. The number of halogens is 2. The molecule has 0 radical (unpaired) electrons. The first-order valence-corrected chi connectivity index (χ1v) is 8.06. The summed E-state index contributed by atoms with van der Waals surface area (Å²) in [7, 11) is 1.64. The van der Waals surface area contributed by atoms with Crippen molar-refractivity contribution in [1.29, 1.82) is 0 Å². The minimum atomic E-state index is -3.66. The molecule has 1 saturated carbocycles. The third kappa shape index (κ3) is 2.31. The smallest absolute Gasteiger partial charge is 0.255 e. The van der Waals surface area contributed by atoms with Gasteiger partial charge in [-0.25, -0.2) is 8.42 Å². The lowest BCUT2D eigenvalue weighted by molar-refractivity contribution is 0.456. The fourth-order valence-electron chi connectivity index (χ4n) is 1.90. The monoisotopic (exact) mass is 360 g/mol. The van der Waals surface area contributed by atoms with E-state index in [-0.39, 0.29) is 4.90 Å². The molecule has 1 fully saturated rings. The average molecular weight is 361 g/mol. The summed E-state index contributed by atoms with van der Waals surface area (Å²) in [5.41, 5.74) is 0. The van der Waals surface area contributed by atoms with Crippen molar-refractivity contribution in [3.8, 4) is 0 Å². The standard InChI is InChI=1S/C8H10ClIN2O2S/c9-15(13,14)7-5-11-12(8(7)10)6-3-1-2-4-6/h5-6H,1-4H2. The predicted octanol–water partition coefficient (Wildman–Crippen LogP) is 2.53. The molecule has 1 aromatic heterocycles. The normalized spacial score (nSPS) is 18.5. The van der Waals surface area contributed by atoms with E-state index in [2.05, 4.69) is 5.10 Å². The lowest BCUT2D eigenvalue weighted by atomic mass is 10.3. The third-order valence-electron chi connectivity index (χ3n) is 2.64. The van der Waals surface area contributed by atoms with Gasteiger partial charge in [-0.2, -0.15) is 5.10 Å². The second kappa shape index (κ2) is 4.21. The van der Waals surface area contributed by atoms with Crippen LogP contribution in [0.2, 0.25) is 0 Å². The Bertz CT molecular complexity index is 465. The molecule has 0 bridgehead atoms. The van der Waals surface area contributed by atoms with E-state index in [1.165, 1.54) is 19.0 Å². The summed E-state index contributed by atoms with van der Waals surface area (Å²) in [6, 6.07) is 0.337. The molecule has 4 nitrogen and oxygen atoms in total. The predicted molar refractivity (Wildman–Crippen MR) is 65.5 cm³/mol. The van der Waals surface area contributed by atoms with Gasteiger partial charge in [-0.05, 0) is 35.4 Å². The molecule has 1 aliphatic rings. The Morgan fingerprint density at radius 2 is 2.07 bits per heavy atom. The van der Waals surface area contributed by atoms with Crippen molar-refractivity contribution < 1.29 is 8.42 Å². The Kier molecular flexibility index (Phi) is 3.27. The quantitative estimate of drug-likeness (QED) is 0.601. The van der Waals surface area contributed by atoms with Gasteiger partial charge < -0.3 is 0 Å². The van der Waals surface area contributed by atoms with Crippen LogP contribution in [0.1, 0.15) is 31.7 Å². The minimum absolute atomic E-state index is 0.122. The molecule has 7 heteroatoms. The van der Waals surface area contributed by atoms with Crippen LogP contribution >= 0.6 is 33.3 Å². The summed E-state index contributed by atoms with van der Waals surface area (Å²) in [5.74, 6) is 0. The second-order valence-electron chi connectivity index (χ2n) is 3.62. The molecule has 15 heavy (non-hydrogen) atoms. The van der Waals surface area contributed by atoms with Gasteiger partial charge in [-0.15, -0.1) is 0 Å². The summed E-state index contributed by atoms with van der Waals surface area (Å²) >= 11 is 1.99. The zero-order valence-electron chi connectivity index (χ0n) is 7.86. The van der Waals surface area contributed by atoms with E-state index in [9.17, 15) is 8.42 Å². The maximum absolute atomic E-state index is 11.2. The number of hydrogen-bond acceptors (Lipinski definition) is 3. The average Bonchev–Trinajstić information content (AvgIpc) is 2.69. The highest BCUT2D eigenvalue weighted by Crippen LogP contribution is 2.32. The molecule has 84 valence electrons. The molecular formula is C8H10ClIN2O2S. The summed E-state index contributed by atoms with van der Waals surface area (Å²) in [6.07, 6.45) is 5.84. The molecule has 2 rings (SSSR count). The van der Waals surface area contributed by atoms with Crippen molar-refractivity contribution >= 4 is 42.3 Å². The van der Waals surface area contributed by atoms with Gasteiger partial charge in [0, 0.05) is 10.7 Å². The zero-order chi connectivity index (χ0) is 11.1. The van der Waals surface area contributed by atoms with Crippen LogP contribution in [0, 0.1) is 3.70 Å². The fraction of sp³-hybridized carbons (Fsp3) is 0.625. The first-order chi connectivity index (χ1) is 7.00. The van der Waals surface area contributed by atoms with Gasteiger partial charge in [-0.1, -0.05) is 12.8 Å². The summed E-state index contributed by atoms with van der Waals surface area (Å²) < 4.78 is 24.8. The van der Waals surface area contributed by atoms with Crippen molar-refractivity contribution in [3.63, 3.8) is 0 Å².